The van der Waals surface area contributed by atoms with Crippen LogP contribution in [0.2, 0.25) is 5.04 Å². The molecule has 5 rings (SSSR count). The summed E-state index contributed by atoms with van der Waals surface area (Å²) < 4.78 is 8.46. The fraction of sp³-hybridized carbons (Fsp3) is 0.406. The van der Waals surface area contributed by atoms with E-state index in [-0.39, 0.29) is 16.6 Å². The van der Waals surface area contributed by atoms with Gasteiger partial charge in [0.2, 0.25) is 5.91 Å². The molecule has 0 N–H and O–H groups in total. The fourth-order valence-electron chi connectivity index (χ4n) is 6.64. The summed E-state index contributed by atoms with van der Waals surface area (Å²) in [6.07, 6.45) is 4.77. The highest BCUT2D eigenvalue weighted by atomic mass is 79.9. The molecule has 1 saturated carbocycles. The van der Waals surface area contributed by atoms with Crippen LogP contribution in [0.4, 0.5) is 5.69 Å². The second-order valence-corrected chi connectivity index (χ2v) is 17.1. The summed E-state index contributed by atoms with van der Waals surface area (Å²) in [5, 5.41) is 2.61. The molecule has 2 fully saturated rings. The third-order valence-electron chi connectivity index (χ3n) is 8.61. The minimum absolute atomic E-state index is 0.0378. The van der Waals surface area contributed by atoms with Crippen LogP contribution in [0.1, 0.15) is 58.4 Å². The Kier molecular flexibility index (Phi) is 7.25. The van der Waals surface area contributed by atoms with Gasteiger partial charge in [0, 0.05) is 22.8 Å². The Morgan fingerprint density at radius 3 is 1.97 bits per heavy atom. The molecule has 3 aromatic rings. The Hall–Kier alpha value is -2.21. The van der Waals surface area contributed by atoms with Crippen LogP contribution in [0.15, 0.2) is 83.3 Å². The molecule has 3 aromatic carbocycles. The lowest BCUT2D eigenvalue weighted by atomic mass is 9.72. The van der Waals surface area contributed by atoms with Crippen molar-refractivity contribution in [3.8, 4) is 0 Å². The molecule has 0 aromatic heterocycles. The molecule has 5 heteroatoms. The van der Waals surface area contributed by atoms with Crippen LogP contribution in [0.25, 0.3) is 0 Å². The minimum atomic E-state index is -2.58. The van der Waals surface area contributed by atoms with E-state index >= 15 is 0 Å². The lowest BCUT2D eigenvalue weighted by Gasteiger charge is -2.47. The predicted molar refractivity (Wildman–Crippen MR) is 159 cm³/mol. The third-order valence-corrected chi connectivity index (χ3v) is 14.2. The van der Waals surface area contributed by atoms with E-state index in [1.54, 1.807) is 0 Å². The van der Waals surface area contributed by atoms with Crippen molar-refractivity contribution in [2.75, 3.05) is 11.4 Å². The first-order chi connectivity index (χ1) is 17.7. The Labute approximate surface area is 231 Å². The lowest BCUT2D eigenvalue weighted by molar-refractivity contribution is -0.128. The number of amides is 1. The van der Waals surface area contributed by atoms with Gasteiger partial charge in [0.15, 0.2) is 0 Å². The van der Waals surface area contributed by atoms with E-state index in [4.69, 9.17) is 4.43 Å². The van der Waals surface area contributed by atoms with Crippen LogP contribution in [-0.2, 0) is 9.22 Å². The molecule has 0 unspecified atom stereocenters. The van der Waals surface area contributed by atoms with Crippen LogP contribution < -0.4 is 15.3 Å². The van der Waals surface area contributed by atoms with E-state index < -0.39 is 8.32 Å². The SMILES string of the molecule is Cc1cc(Br)ccc1N1CCC2(CCC(O[Si](c3ccccc3)(c3ccccc3)C(C)(C)C)CC2)C1=O. The normalized spacial score (nSPS) is 22.6. The summed E-state index contributed by atoms with van der Waals surface area (Å²) in [4.78, 5) is 15.8. The molecule has 0 atom stereocenters. The quantitative estimate of drug-likeness (QED) is 0.306. The highest BCUT2D eigenvalue weighted by molar-refractivity contribution is 9.10. The first-order valence-corrected chi connectivity index (χ1v) is 16.2. The topological polar surface area (TPSA) is 29.5 Å². The van der Waals surface area contributed by atoms with Gasteiger partial charge in [-0.3, -0.25) is 4.79 Å². The van der Waals surface area contributed by atoms with Crippen molar-refractivity contribution in [2.24, 2.45) is 5.41 Å². The molecule has 1 aliphatic carbocycles. The smallest absolute Gasteiger partial charge is 0.261 e. The van der Waals surface area contributed by atoms with Gasteiger partial charge in [-0.25, -0.2) is 0 Å². The molecular weight excluding hydrogens is 538 g/mol. The van der Waals surface area contributed by atoms with Gasteiger partial charge in [-0.2, -0.15) is 0 Å². The van der Waals surface area contributed by atoms with Crippen LogP contribution >= 0.6 is 15.9 Å². The molecule has 2 aliphatic rings. The van der Waals surface area contributed by atoms with Crippen molar-refractivity contribution in [3.05, 3.63) is 88.9 Å². The summed E-state index contributed by atoms with van der Waals surface area (Å²) in [6, 6.07) is 28.0. The van der Waals surface area contributed by atoms with Crippen LogP contribution in [-0.4, -0.2) is 26.9 Å². The Bertz CT molecular complexity index is 1210. The van der Waals surface area contributed by atoms with E-state index in [9.17, 15) is 4.79 Å². The van der Waals surface area contributed by atoms with Gasteiger partial charge in [-0.1, -0.05) is 97.4 Å². The third kappa shape index (κ3) is 4.75. The van der Waals surface area contributed by atoms with E-state index in [1.807, 2.05) is 11.0 Å². The highest BCUT2D eigenvalue weighted by Crippen LogP contribution is 2.48. The maximum absolute atomic E-state index is 13.8. The number of benzene rings is 3. The van der Waals surface area contributed by atoms with Crippen molar-refractivity contribution < 1.29 is 9.22 Å². The van der Waals surface area contributed by atoms with Crippen LogP contribution in [0.5, 0.6) is 0 Å². The molecule has 1 aliphatic heterocycles. The second-order valence-electron chi connectivity index (χ2n) is 11.9. The number of carbonyl (C=O) groups excluding carboxylic acids is 1. The molecule has 1 amide bonds. The number of carbonyl (C=O) groups is 1. The van der Waals surface area contributed by atoms with Crippen molar-refractivity contribution >= 4 is 46.2 Å². The van der Waals surface area contributed by atoms with E-state index in [2.05, 4.69) is 116 Å². The monoisotopic (exact) mass is 575 g/mol. The van der Waals surface area contributed by atoms with Crippen molar-refractivity contribution in [1.82, 2.24) is 0 Å². The van der Waals surface area contributed by atoms with E-state index in [1.165, 1.54) is 10.4 Å². The molecule has 3 nitrogen and oxygen atoms in total. The average molecular weight is 577 g/mol. The number of aryl methyl sites for hydroxylation is 1. The van der Waals surface area contributed by atoms with E-state index in [0.717, 1.165) is 54.4 Å². The van der Waals surface area contributed by atoms with Gasteiger partial charge in [0.1, 0.15) is 0 Å². The number of anilines is 1. The summed E-state index contributed by atoms with van der Waals surface area (Å²) in [7, 11) is -2.58. The molecule has 1 heterocycles. The van der Waals surface area contributed by atoms with E-state index in [0.29, 0.717) is 5.91 Å². The first-order valence-electron chi connectivity index (χ1n) is 13.5. The standard InChI is InChI=1S/C32H38BrNO2Si/c1-24-23-25(33)15-16-29(24)34-22-21-32(30(34)35)19-17-26(18-20-32)36-37(31(2,3)4,27-11-7-5-8-12-27)28-13-9-6-10-14-28/h5-16,23,26H,17-22H2,1-4H3. The number of nitrogens with zero attached hydrogens (tertiary/aromatic N) is 1. The zero-order valence-corrected chi connectivity index (χ0v) is 25.1. The number of hydrogen-bond acceptors (Lipinski definition) is 2. The zero-order valence-electron chi connectivity index (χ0n) is 22.5. The maximum Gasteiger partial charge on any atom is 0.261 e. The predicted octanol–water partition coefficient (Wildman–Crippen LogP) is 7.00. The fourth-order valence-corrected chi connectivity index (χ4v) is 11.9. The van der Waals surface area contributed by atoms with Crippen LogP contribution in [0, 0.1) is 12.3 Å². The van der Waals surface area contributed by atoms with Gasteiger partial charge in [0.05, 0.1) is 5.41 Å². The Balaban J connectivity index is 1.40. The van der Waals surface area contributed by atoms with Gasteiger partial charge in [0.25, 0.3) is 8.32 Å². The van der Waals surface area contributed by atoms with Gasteiger partial charge < -0.3 is 9.33 Å². The molecule has 0 radical (unpaired) electrons. The number of halogens is 1. The van der Waals surface area contributed by atoms with Crippen LogP contribution in [0.3, 0.4) is 0 Å². The molecule has 194 valence electrons. The van der Waals surface area contributed by atoms with Gasteiger partial charge >= 0.3 is 0 Å². The average Bonchev–Trinajstić information content (AvgIpc) is 3.19. The van der Waals surface area contributed by atoms with Crippen molar-refractivity contribution in [1.29, 1.82) is 0 Å². The molecule has 37 heavy (non-hydrogen) atoms. The molecule has 1 spiro atoms. The molecule has 1 saturated heterocycles. The van der Waals surface area contributed by atoms with Gasteiger partial charge in [-0.15, -0.1) is 0 Å². The summed E-state index contributed by atoms with van der Waals surface area (Å²) in [6.45, 7) is 9.90. The molecular formula is C32H38BrNO2Si. The minimum Gasteiger partial charge on any atom is -0.404 e. The van der Waals surface area contributed by atoms with Gasteiger partial charge in [-0.05, 0) is 78.2 Å². The zero-order chi connectivity index (χ0) is 26.3. The number of rotatable bonds is 5. The Morgan fingerprint density at radius 1 is 0.892 bits per heavy atom. The summed E-state index contributed by atoms with van der Waals surface area (Å²) in [5.74, 6) is 0.307. The van der Waals surface area contributed by atoms with Crippen molar-refractivity contribution in [2.45, 2.75) is 70.9 Å². The lowest BCUT2D eigenvalue weighted by Crippen LogP contribution is -2.68. The second kappa shape index (κ2) is 10.2. The maximum atomic E-state index is 13.8. The van der Waals surface area contributed by atoms with Crippen molar-refractivity contribution in [3.63, 3.8) is 0 Å². The summed E-state index contributed by atoms with van der Waals surface area (Å²) >= 11 is 3.55. The Morgan fingerprint density at radius 2 is 1.46 bits per heavy atom. The molecule has 0 bridgehead atoms. The largest absolute Gasteiger partial charge is 0.404 e. The number of hydrogen-bond donors (Lipinski definition) is 0. The first kappa shape index (κ1) is 26.4. The highest BCUT2D eigenvalue weighted by Gasteiger charge is 2.54. The summed E-state index contributed by atoms with van der Waals surface area (Å²) in [5.41, 5.74) is 1.95.